The third-order valence-corrected chi connectivity index (χ3v) is 1.15. The smallest absolute Gasteiger partial charge is 0.0153 e. The van der Waals surface area contributed by atoms with E-state index in [1.54, 1.807) is 0 Å². The molecule has 0 aliphatic heterocycles. The Kier molecular flexibility index (Phi) is 4.41. The molecule has 0 rings (SSSR count). The van der Waals surface area contributed by atoms with Crippen LogP contribution >= 0.6 is 11.4 Å². The van der Waals surface area contributed by atoms with Crippen molar-refractivity contribution in [3.05, 3.63) is 0 Å². The number of hydrogen-bond donors (Lipinski definition) is 1. The molecule has 0 bridgehead atoms. The van der Waals surface area contributed by atoms with Gasteiger partial charge in [-0.3, -0.25) is 0 Å². The molecule has 1 heteroatoms. The van der Waals surface area contributed by atoms with Crippen molar-refractivity contribution in [2.45, 2.75) is 13.3 Å². The molecule has 0 radical (unpaired) electrons. The highest BCUT2D eigenvalue weighted by molar-refractivity contribution is 7.96. The van der Waals surface area contributed by atoms with E-state index in [-0.39, 0.29) is 0 Å². The van der Waals surface area contributed by atoms with Gasteiger partial charge in [-0.05, 0) is 12.2 Å². The molecule has 0 aliphatic rings. The summed E-state index contributed by atoms with van der Waals surface area (Å²) in [5.41, 5.74) is 0. The van der Waals surface area contributed by atoms with Crippen LogP contribution in [0.25, 0.3) is 0 Å². The lowest BCUT2D eigenvalue weighted by molar-refractivity contribution is 1.11. The molecule has 0 atom stereocenters. The van der Waals surface area contributed by atoms with E-state index in [9.17, 15) is 0 Å². The van der Waals surface area contributed by atoms with Gasteiger partial charge in [0.25, 0.3) is 0 Å². The zero-order valence-electron chi connectivity index (χ0n) is 3.57. The van der Waals surface area contributed by atoms with Gasteiger partial charge in [0, 0.05) is 0 Å². The van der Waals surface area contributed by atoms with Crippen LogP contribution in [-0.4, -0.2) is 11.6 Å². The maximum absolute atomic E-state index is 3.65. The van der Waals surface area contributed by atoms with Crippen molar-refractivity contribution in [2.75, 3.05) is 5.75 Å². The van der Waals surface area contributed by atoms with Gasteiger partial charge in [0.15, 0.2) is 0 Å². The summed E-state index contributed by atoms with van der Waals surface area (Å²) in [7, 11) is 0. The summed E-state index contributed by atoms with van der Waals surface area (Å²) in [5.74, 6) is 4.90. The highest BCUT2D eigenvalue weighted by Gasteiger charge is 1.60. The minimum Gasteiger partial charge on any atom is -0.208 e. The number of thiol groups is 1. The Hall–Kier alpha value is 0.220. The quantitative estimate of drug-likeness (QED) is 0.383. The highest BCUT2D eigenvalue weighted by Crippen LogP contribution is 1.81. The summed E-state index contributed by atoms with van der Waals surface area (Å²) in [4.78, 5) is 0. The summed E-state index contributed by atoms with van der Waals surface area (Å²) in [5, 5.41) is 0. The fourth-order valence-electron chi connectivity index (χ4n) is 0.158. The summed E-state index contributed by atoms with van der Waals surface area (Å²) < 4.78 is 0. The van der Waals surface area contributed by atoms with E-state index in [4.69, 9.17) is 0 Å². The zero-order valence-corrected chi connectivity index (χ0v) is 4.46. The second kappa shape index (κ2) is 4.22. The van der Waals surface area contributed by atoms with Crippen LogP contribution in [0.2, 0.25) is 0 Å². The summed E-state index contributed by atoms with van der Waals surface area (Å²) in [6, 6.07) is 0. The summed E-state index contributed by atoms with van der Waals surface area (Å²) >= 11 is 1.28. The Bertz CT molecular complexity index is 24.8. The molecule has 0 saturated heterocycles. The third kappa shape index (κ3) is 4.22. The number of hydrogen-bond acceptors (Lipinski definition) is 0. The van der Waals surface area contributed by atoms with Crippen LogP contribution in [0.15, 0.2) is 0 Å². The second-order valence-electron chi connectivity index (χ2n) is 0.947. The molecule has 0 unspecified atom stereocenters. The predicted octanol–water partition coefficient (Wildman–Crippen LogP) is 1.29. The van der Waals surface area contributed by atoms with Gasteiger partial charge >= 0.3 is 0 Å². The van der Waals surface area contributed by atoms with Gasteiger partial charge in [0.2, 0.25) is 0 Å². The van der Waals surface area contributed by atoms with Crippen LogP contribution in [0.3, 0.4) is 0 Å². The SMILES string of the molecule is C=[SH]CCC. The molecule has 0 nitrogen and oxygen atoms in total. The van der Waals surface area contributed by atoms with Crippen molar-refractivity contribution >= 4 is 17.2 Å². The van der Waals surface area contributed by atoms with Crippen LogP contribution in [-0.2, 0) is 0 Å². The lowest BCUT2D eigenvalue weighted by Gasteiger charge is -1.74. The van der Waals surface area contributed by atoms with Crippen molar-refractivity contribution in [1.82, 2.24) is 0 Å². The standard InChI is InChI=1S/C4H10S/c1-3-4-5-2/h5H,2-4H2,1H3. The predicted molar refractivity (Wildman–Crippen MR) is 31.3 cm³/mol. The normalized spacial score (nSPS) is 8.20. The van der Waals surface area contributed by atoms with Gasteiger partial charge in [-0.15, -0.1) is 0 Å². The Balaban J connectivity index is 2.40. The van der Waals surface area contributed by atoms with E-state index in [1.165, 1.54) is 23.5 Å². The molecule has 0 N–H and O–H groups in total. The molecule has 0 aromatic heterocycles. The minimum atomic E-state index is 1.25. The molecular weight excluding hydrogens is 80.1 g/mol. The fraction of sp³-hybridized carbons (Fsp3) is 0.750. The van der Waals surface area contributed by atoms with Crippen LogP contribution in [0.1, 0.15) is 13.3 Å². The summed E-state index contributed by atoms with van der Waals surface area (Å²) in [6.07, 6.45) is 1.27. The third-order valence-electron chi connectivity index (χ3n) is 0.382. The molecule has 5 heavy (non-hydrogen) atoms. The number of rotatable bonds is 2. The van der Waals surface area contributed by atoms with Gasteiger partial charge in [-0.2, -0.15) is 0 Å². The first kappa shape index (κ1) is 5.22. The van der Waals surface area contributed by atoms with E-state index in [0.29, 0.717) is 0 Å². The monoisotopic (exact) mass is 90.1 g/mol. The lowest BCUT2D eigenvalue weighted by Crippen LogP contribution is -1.60. The van der Waals surface area contributed by atoms with E-state index in [1.807, 2.05) is 0 Å². The van der Waals surface area contributed by atoms with Gasteiger partial charge in [-0.25, -0.2) is 11.4 Å². The Morgan fingerprint density at radius 3 is 2.40 bits per heavy atom. The van der Waals surface area contributed by atoms with Gasteiger partial charge in [-0.1, -0.05) is 12.8 Å². The minimum absolute atomic E-state index is 1.25. The Labute approximate surface area is 37.2 Å². The Morgan fingerprint density at radius 1 is 1.80 bits per heavy atom. The molecule has 0 aromatic carbocycles. The van der Waals surface area contributed by atoms with Crippen molar-refractivity contribution < 1.29 is 0 Å². The van der Waals surface area contributed by atoms with Gasteiger partial charge in [0.1, 0.15) is 0 Å². The van der Waals surface area contributed by atoms with Crippen LogP contribution in [0.5, 0.6) is 0 Å². The first-order valence-corrected chi connectivity index (χ1v) is 3.10. The molecule has 0 saturated carbocycles. The van der Waals surface area contributed by atoms with Gasteiger partial charge < -0.3 is 0 Å². The molecule has 0 fully saturated rings. The van der Waals surface area contributed by atoms with E-state index >= 15 is 0 Å². The molecule has 0 spiro atoms. The maximum Gasteiger partial charge on any atom is -0.0153 e. The van der Waals surface area contributed by atoms with Gasteiger partial charge in [0.05, 0.1) is 0 Å². The molecule has 32 valence electrons. The molecule has 0 amide bonds. The molecule has 0 aliphatic carbocycles. The van der Waals surface area contributed by atoms with Crippen molar-refractivity contribution in [3.63, 3.8) is 0 Å². The van der Waals surface area contributed by atoms with Crippen molar-refractivity contribution in [3.8, 4) is 0 Å². The van der Waals surface area contributed by atoms with E-state index < -0.39 is 0 Å². The van der Waals surface area contributed by atoms with E-state index in [2.05, 4.69) is 12.8 Å². The van der Waals surface area contributed by atoms with Crippen LogP contribution in [0, 0.1) is 0 Å². The first-order chi connectivity index (χ1) is 2.41. The van der Waals surface area contributed by atoms with Crippen molar-refractivity contribution in [1.29, 1.82) is 0 Å². The fourth-order valence-corrected chi connectivity index (χ4v) is 0.474. The van der Waals surface area contributed by atoms with Crippen LogP contribution < -0.4 is 0 Å². The largest absolute Gasteiger partial charge is 0.208 e. The maximum atomic E-state index is 3.65. The lowest BCUT2D eigenvalue weighted by atomic mass is 10.6. The average molecular weight is 90.2 g/mol. The van der Waals surface area contributed by atoms with Crippen molar-refractivity contribution in [2.24, 2.45) is 0 Å². The molecule has 0 aromatic rings. The first-order valence-electron chi connectivity index (χ1n) is 1.84. The highest BCUT2D eigenvalue weighted by atomic mass is 32.1. The summed E-state index contributed by atoms with van der Waals surface area (Å²) in [6.45, 7) is 2.16. The Morgan fingerprint density at radius 2 is 2.40 bits per heavy atom. The molecular formula is C4H10S. The zero-order chi connectivity index (χ0) is 4.12. The van der Waals surface area contributed by atoms with E-state index in [0.717, 1.165) is 0 Å². The average Bonchev–Trinajstić information content (AvgIpc) is 1.41. The second-order valence-corrected chi connectivity index (χ2v) is 1.84. The molecule has 0 heterocycles. The topological polar surface area (TPSA) is 0 Å². The van der Waals surface area contributed by atoms with Crippen LogP contribution in [0.4, 0.5) is 0 Å².